The van der Waals surface area contributed by atoms with E-state index >= 15 is 0 Å². The lowest BCUT2D eigenvalue weighted by molar-refractivity contribution is -0.232. The fourth-order valence-corrected chi connectivity index (χ4v) is 8.49. The summed E-state index contributed by atoms with van der Waals surface area (Å²) in [5, 5.41) is 20.0. The zero-order valence-electron chi connectivity index (χ0n) is 19.8. The number of ketones is 1. The highest BCUT2D eigenvalue weighted by molar-refractivity contribution is 5.83. The van der Waals surface area contributed by atoms with Crippen LogP contribution in [0.3, 0.4) is 0 Å². The van der Waals surface area contributed by atoms with Crippen LogP contribution in [0.25, 0.3) is 0 Å². The van der Waals surface area contributed by atoms with Crippen LogP contribution in [0.2, 0.25) is 0 Å². The number of halogens is 3. The van der Waals surface area contributed by atoms with Gasteiger partial charge in [-0.15, -0.1) is 0 Å². The summed E-state index contributed by atoms with van der Waals surface area (Å²) in [6, 6.07) is 0. The molecule has 4 aliphatic rings. The summed E-state index contributed by atoms with van der Waals surface area (Å²) in [4.78, 5) is 13.2. The van der Waals surface area contributed by atoms with Gasteiger partial charge in [-0.1, -0.05) is 26.8 Å². The third kappa shape index (κ3) is 3.68. The molecule has 3 nitrogen and oxygen atoms in total. The highest BCUT2D eigenvalue weighted by Gasteiger charge is 2.62. The summed E-state index contributed by atoms with van der Waals surface area (Å²) in [6.07, 6.45) is 4.38. The van der Waals surface area contributed by atoms with E-state index in [-0.39, 0.29) is 34.7 Å². The molecule has 10 atom stereocenters. The Labute approximate surface area is 189 Å². The smallest absolute Gasteiger partial charge is 0.393 e. The first-order chi connectivity index (χ1) is 14.7. The van der Waals surface area contributed by atoms with E-state index in [1.807, 2.05) is 6.92 Å². The second kappa shape index (κ2) is 7.83. The summed E-state index contributed by atoms with van der Waals surface area (Å²) in [5.74, 6) is 1.72. The fourth-order valence-electron chi connectivity index (χ4n) is 8.49. The third-order valence-corrected chi connectivity index (χ3v) is 10.4. The predicted octanol–water partition coefficient (Wildman–Crippen LogP) is 5.69. The minimum Gasteiger partial charge on any atom is -0.393 e. The zero-order valence-corrected chi connectivity index (χ0v) is 19.8. The van der Waals surface area contributed by atoms with Crippen molar-refractivity contribution in [3.8, 4) is 0 Å². The third-order valence-electron chi connectivity index (χ3n) is 10.4. The number of rotatable bonds is 3. The van der Waals surface area contributed by atoms with E-state index in [0.29, 0.717) is 36.4 Å². The molecule has 6 heteroatoms. The molecule has 0 aromatic heterocycles. The largest absolute Gasteiger partial charge is 0.420 e. The van der Waals surface area contributed by atoms with Crippen molar-refractivity contribution < 1.29 is 28.2 Å². The van der Waals surface area contributed by atoms with Gasteiger partial charge in [0.1, 0.15) is 5.78 Å². The Balaban J connectivity index is 1.55. The number of carbonyl (C=O) groups is 1. The predicted molar refractivity (Wildman–Crippen MR) is 117 cm³/mol. The molecule has 4 aliphatic carbocycles. The van der Waals surface area contributed by atoms with Gasteiger partial charge >= 0.3 is 6.18 Å². The van der Waals surface area contributed by atoms with Crippen molar-refractivity contribution in [2.24, 2.45) is 46.3 Å². The van der Waals surface area contributed by atoms with E-state index in [2.05, 4.69) is 13.8 Å². The van der Waals surface area contributed by atoms with Gasteiger partial charge in [-0.2, -0.15) is 13.2 Å². The molecule has 0 aliphatic heterocycles. The molecule has 0 aromatic rings. The van der Waals surface area contributed by atoms with Gasteiger partial charge in [0.15, 0.2) is 5.60 Å². The first-order valence-corrected chi connectivity index (χ1v) is 12.4. The lowest BCUT2D eigenvalue weighted by Crippen LogP contribution is -2.57. The van der Waals surface area contributed by atoms with Crippen molar-refractivity contribution in [2.75, 3.05) is 0 Å². The van der Waals surface area contributed by atoms with E-state index in [4.69, 9.17) is 0 Å². The Kier molecular flexibility index (Phi) is 5.93. The van der Waals surface area contributed by atoms with Crippen LogP contribution in [0.1, 0.15) is 79.1 Å². The number of hydrogen-bond donors (Lipinski definition) is 2. The number of alkyl halides is 3. The summed E-state index contributed by atoms with van der Waals surface area (Å²) in [7, 11) is 0. The Hall–Kier alpha value is -0.880. The molecule has 0 heterocycles. The van der Waals surface area contributed by atoms with E-state index in [1.165, 1.54) is 0 Å². The molecule has 4 saturated carbocycles. The summed E-state index contributed by atoms with van der Waals surface area (Å²) < 4.78 is 39.2. The monoisotopic (exact) mass is 456 g/mol. The topological polar surface area (TPSA) is 57.5 Å². The lowest BCUT2D eigenvalue weighted by Gasteiger charge is -2.60. The molecule has 0 bridgehead atoms. The zero-order chi connectivity index (χ0) is 23.7. The molecule has 0 spiro atoms. The first kappa shape index (κ1) is 24.3. The summed E-state index contributed by atoms with van der Waals surface area (Å²) >= 11 is 0. The number of carbonyl (C=O) groups excluding carboxylic acids is 1. The number of Topliss-reactive ketones (excluding diaryl/α,β-unsaturated/α-hetero) is 1. The van der Waals surface area contributed by atoms with Crippen LogP contribution in [0.5, 0.6) is 0 Å². The van der Waals surface area contributed by atoms with Crippen LogP contribution in [0, 0.1) is 46.3 Å². The number of fused-ring (bicyclic) bond motifs is 5. The molecule has 8 unspecified atom stereocenters. The Morgan fingerprint density at radius 3 is 2.34 bits per heavy atom. The molecule has 0 amide bonds. The van der Waals surface area contributed by atoms with Gasteiger partial charge in [0, 0.05) is 12.3 Å². The van der Waals surface area contributed by atoms with E-state index in [9.17, 15) is 28.2 Å². The molecule has 4 rings (SSSR count). The van der Waals surface area contributed by atoms with Gasteiger partial charge in [0.2, 0.25) is 0 Å². The fraction of sp³-hybridized carbons (Fsp3) is 0.885. The van der Waals surface area contributed by atoms with Crippen molar-refractivity contribution in [3.63, 3.8) is 0 Å². The van der Waals surface area contributed by atoms with Crippen molar-refractivity contribution in [3.05, 3.63) is 12.2 Å². The van der Waals surface area contributed by atoms with Gasteiger partial charge < -0.3 is 10.2 Å². The van der Waals surface area contributed by atoms with Crippen molar-refractivity contribution in [2.45, 2.75) is 96.9 Å². The first-order valence-electron chi connectivity index (χ1n) is 12.4. The van der Waals surface area contributed by atoms with E-state index < -0.39 is 11.8 Å². The highest BCUT2D eigenvalue weighted by atomic mass is 19.4. The van der Waals surface area contributed by atoms with Crippen LogP contribution in [0.4, 0.5) is 13.2 Å². The maximum atomic E-state index is 13.2. The SMILES string of the molecule is CC(/C=C/C(C)(O)C(F)(F)F)C1CCC2C3CC(=O)[C@@H]4C[C@@H](O)CCC4(C)C3CCC12C. The van der Waals surface area contributed by atoms with Crippen LogP contribution >= 0.6 is 0 Å². The summed E-state index contributed by atoms with van der Waals surface area (Å²) in [5.41, 5.74) is -2.84. The highest BCUT2D eigenvalue weighted by Crippen LogP contribution is 2.67. The lowest BCUT2D eigenvalue weighted by atomic mass is 9.44. The Morgan fingerprint density at radius 2 is 1.69 bits per heavy atom. The standard InChI is InChI=1S/C26H39F3O3/c1-15(7-12-25(4,32)26(27,28)29)18-5-6-19-17-14-22(31)21-13-16(30)8-10-24(21,3)20(17)9-11-23(18,19)2/h7,12,15-21,30,32H,5-6,8-11,13-14H2,1-4H3/b12-7+/t15?,16-,17?,18?,19?,20?,21-,23?,24?,25?/m0/s1. The van der Waals surface area contributed by atoms with Gasteiger partial charge in [-0.3, -0.25) is 4.79 Å². The minimum absolute atomic E-state index is 0.00662. The maximum Gasteiger partial charge on any atom is 0.420 e. The Morgan fingerprint density at radius 1 is 1.06 bits per heavy atom. The quantitative estimate of drug-likeness (QED) is 0.537. The molecular weight excluding hydrogens is 417 g/mol. The van der Waals surface area contributed by atoms with Crippen LogP contribution in [-0.4, -0.2) is 33.9 Å². The van der Waals surface area contributed by atoms with Crippen molar-refractivity contribution in [1.29, 1.82) is 0 Å². The second-order valence-electron chi connectivity index (χ2n) is 12.1. The number of aliphatic hydroxyl groups excluding tert-OH is 1. The van der Waals surface area contributed by atoms with Crippen LogP contribution in [0.15, 0.2) is 12.2 Å². The molecule has 0 saturated heterocycles. The maximum absolute atomic E-state index is 13.2. The average molecular weight is 457 g/mol. The molecule has 0 aromatic carbocycles. The van der Waals surface area contributed by atoms with Crippen LogP contribution < -0.4 is 0 Å². The second-order valence-corrected chi connectivity index (χ2v) is 12.1. The number of allylic oxidation sites excluding steroid dienone is 1. The summed E-state index contributed by atoms with van der Waals surface area (Å²) in [6.45, 7) is 7.34. The van der Waals surface area contributed by atoms with Crippen molar-refractivity contribution in [1.82, 2.24) is 0 Å². The van der Waals surface area contributed by atoms with Gasteiger partial charge in [-0.05, 0) is 98.4 Å². The van der Waals surface area contributed by atoms with E-state index in [0.717, 1.165) is 51.5 Å². The molecule has 32 heavy (non-hydrogen) atoms. The van der Waals surface area contributed by atoms with Crippen LogP contribution in [-0.2, 0) is 4.79 Å². The average Bonchev–Trinajstić information content (AvgIpc) is 3.04. The molecular formula is C26H39F3O3. The molecule has 2 N–H and O–H groups in total. The normalized spacial score (nSPS) is 47.5. The molecule has 182 valence electrons. The molecule has 4 fully saturated rings. The number of aliphatic hydroxyl groups is 2. The minimum atomic E-state index is -4.69. The van der Waals surface area contributed by atoms with Gasteiger partial charge in [0.25, 0.3) is 0 Å². The van der Waals surface area contributed by atoms with Gasteiger partial charge in [-0.25, -0.2) is 0 Å². The Bertz CT molecular complexity index is 775. The number of hydrogen-bond acceptors (Lipinski definition) is 3. The van der Waals surface area contributed by atoms with E-state index in [1.54, 1.807) is 6.08 Å². The van der Waals surface area contributed by atoms with Gasteiger partial charge in [0.05, 0.1) is 6.10 Å². The van der Waals surface area contributed by atoms with Crippen molar-refractivity contribution >= 4 is 5.78 Å². The molecule has 0 radical (unpaired) electrons.